The number of allylic oxidation sites excluding steroid dienone is 1. The molecule has 0 amide bonds. The largest absolute Gasteiger partial charge is 1.00 e. The number of aromatic nitrogens is 1. The van der Waals surface area contributed by atoms with E-state index < -0.39 is 4.92 Å². The molecule has 30 heavy (non-hydrogen) atoms. The van der Waals surface area contributed by atoms with Gasteiger partial charge >= 0.3 is 0 Å². The third-order valence-electron chi connectivity index (χ3n) is 4.49. The quantitative estimate of drug-likeness (QED) is 0.143. The van der Waals surface area contributed by atoms with Crippen LogP contribution in [-0.2, 0) is 6.54 Å². The summed E-state index contributed by atoms with van der Waals surface area (Å²) in [6.07, 6.45) is 7.04. The maximum absolute atomic E-state index is 12.4. The van der Waals surface area contributed by atoms with Gasteiger partial charge in [-0.05, 0) is 42.5 Å². The van der Waals surface area contributed by atoms with Gasteiger partial charge in [-0.1, -0.05) is 18.2 Å². The van der Waals surface area contributed by atoms with Crippen molar-refractivity contribution in [3.05, 3.63) is 112 Å². The lowest BCUT2D eigenvalue weighted by atomic mass is 10.2. The van der Waals surface area contributed by atoms with Gasteiger partial charge in [0.2, 0.25) is 5.78 Å². The van der Waals surface area contributed by atoms with Gasteiger partial charge in [0.1, 0.15) is 5.58 Å². The van der Waals surface area contributed by atoms with Crippen LogP contribution in [0.4, 0.5) is 5.69 Å². The Kier molecular flexibility index (Phi) is 6.54. The predicted octanol–water partition coefficient (Wildman–Crippen LogP) is 1.58. The first-order valence-electron chi connectivity index (χ1n) is 9.02. The van der Waals surface area contributed by atoms with Crippen LogP contribution < -0.4 is 21.5 Å². The molecule has 0 saturated carbocycles. The molecule has 7 heteroatoms. The van der Waals surface area contributed by atoms with E-state index in [1.165, 1.54) is 18.2 Å². The van der Waals surface area contributed by atoms with Gasteiger partial charge in [-0.2, -0.15) is 0 Å². The Hall–Kier alpha value is -3.58. The highest BCUT2D eigenvalue weighted by atomic mass is 79.9. The average molecular weight is 465 g/mol. The van der Waals surface area contributed by atoms with Gasteiger partial charge < -0.3 is 21.4 Å². The molecular weight excluding hydrogens is 448 g/mol. The highest BCUT2D eigenvalue weighted by Crippen LogP contribution is 2.19. The number of non-ortho nitro benzene ring substituents is 1. The van der Waals surface area contributed by atoms with E-state index in [0.717, 1.165) is 16.5 Å². The summed E-state index contributed by atoms with van der Waals surface area (Å²) in [5.41, 5.74) is 2.56. The number of hydrogen-bond acceptors (Lipinski definition) is 4. The Morgan fingerprint density at radius 3 is 2.57 bits per heavy atom. The first kappa shape index (κ1) is 21.1. The molecule has 150 valence electrons. The van der Waals surface area contributed by atoms with Crippen LogP contribution in [0.1, 0.15) is 21.7 Å². The first-order chi connectivity index (χ1) is 14.1. The molecule has 0 N–H and O–H groups in total. The number of hydrogen-bond donors (Lipinski definition) is 0. The van der Waals surface area contributed by atoms with Crippen LogP contribution in [0.15, 0.2) is 89.6 Å². The Bertz CT molecular complexity index is 1200. The van der Waals surface area contributed by atoms with Gasteiger partial charge in [0, 0.05) is 34.7 Å². The normalized spacial score (nSPS) is 10.8. The van der Waals surface area contributed by atoms with Gasteiger partial charge in [0.15, 0.2) is 24.7 Å². The number of rotatable bonds is 6. The highest BCUT2D eigenvalue weighted by molar-refractivity contribution is 6.06. The predicted molar refractivity (Wildman–Crippen MR) is 108 cm³/mol. The molecule has 2 aromatic heterocycles. The lowest BCUT2D eigenvalue weighted by molar-refractivity contribution is -0.688. The standard InChI is InChI=1S/C23H17N2O4.BrH/c26-21(23-14-19-5-1-2-6-22(19)29-23)12-9-17-4-3-13-24(15-17)16-18-7-10-20(11-8-18)25(27)28;/h1-15H,16H2;1H/q+1;/p-1/b12-9+;. The highest BCUT2D eigenvalue weighted by Gasteiger charge is 2.10. The Labute approximate surface area is 183 Å². The number of nitro benzene ring substituents is 1. The third-order valence-corrected chi connectivity index (χ3v) is 4.49. The fourth-order valence-electron chi connectivity index (χ4n) is 3.03. The minimum absolute atomic E-state index is 0. The van der Waals surface area contributed by atoms with E-state index in [4.69, 9.17) is 4.42 Å². The fraction of sp³-hybridized carbons (Fsp3) is 0.0435. The van der Waals surface area contributed by atoms with E-state index >= 15 is 0 Å². The number of nitro groups is 1. The van der Waals surface area contributed by atoms with Crippen molar-refractivity contribution in [2.75, 3.05) is 0 Å². The van der Waals surface area contributed by atoms with Gasteiger partial charge in [0.25, 0.3) is 5.69 Å². The number of nitrogens with zero attached hydrogens (tertiary/aromatic N) is 2. The number of ketones is 1. The smallest absolute Gasteiger partial charge is 0.269 e. The number of carbonyl (C=O) groups is 1. The molecule has 0 unspecified atom stereocenters. The van der Waals surface area contributed by atoms with E-state index in [2.05, 4.69) is 0 Å². The zero-order valence-corrected chi connectivity index (χ0v) is 17.4. The van der Waals surface area contributed by atoms with Crippen LogP contribution >= 0.6 is 0 Å². The molecule has 0 spiro atoms. The van der Waals surface area contributed by atoms with Crippen molar-refractivity contribution in [3.8, 4) is 0 Å². The van der Waals surface area contributed by atoms with Gasteiger partial charge in [-0.15, -0.1) is 0 Å². The number of para-hydroxylation sites is 1. The van der Waals surface area contributed by atoms with E-state index in [1.54, 1.807) is 24.3 Å². The van der Waals surface area contributed by atoms with Crippen molar-refractivity contribution in [1.29, 1.82) is 0 Å². The van der Waals surface area contributed by atoms with Gasteiger partial charge in [-0.3, -0.25) is 14.9 Å². The van der Waals surface area contributed by atoms with E-state index in [9.17, 15) is 14.9 Å². The summed E-state index contributed by atoms with van der Waals surface area (Å²) in [7, 11) is 0. The summed E-state index contributed by atoms with van der Waals surface area (Å²) in [5, 5.41) is 11.6. The Morgan fingerprint density at radius 1 is 1.07 bits per heavy atom. The van der Waals surface area contributed by atoms with Crippen LogP contribution in [-0.4, -0.2) is 10.7 Å². The molecule has 6 nitrogen and oxygen atoms in total. The molecule has 4 aromatic rings. The van der Waals surface area contributed by atoms with Crippen LogP contribution in [0.2, 0.25) is 0 Å². The fourth-order valence-corrected chi connectivity index (χ4v) is 3.03. The Balaban J connectivity index is 0.00000256. The zero-order valence-electron chi connectivity index (χ0n) is 15.8. The van der Waals surface area contributed by atoms with Crippen LogP contribution in [0.5, 0.6) is 0 Å². The second-order valence-corrected chi connectivity index (χ2v) is 6.58. The van der Waals surface area contributed by atoms with Gasteiger partial charge in [0.05, 0.1) is 4.92 Å². The zero-order chi connectivity index (χ0) is 20.2. The molecule has 0 aliphatic rings. The number of benzene rings is 2. The molecule has 0 atom stereocenters. The summed E-state index contributed by atoms with van der Waals surface area (Å²) in [5.74, 6) is 0.101. The van der Waals surface area contributed by atoms with E-state index in [0.29, 0.717) is 17.9 Å². The molecule has 0 saturated heterocycles. The molecule has 0 fully saturated rings. The van der Waals surface area contributed by atoms with Crippen LogP contribution in [0, 0.1) is 10.1 Å². The number of pyridine rings is 1. The number of halogens is 1. The average Bonchev–Trinajstić information content (AvgIpc) is 3.17. The maximum Gasteiger partial charge on any atom is 0.269 e. The van der Waals surface area contributed by atoms with E-state index in [1.807, 2.05) is 53.4 Å². The van der Waals surface area contributed by atoms with Gasteiger partial charge in [-0.25, -0.2) is 4.57 Å². The van der Waals surface area contributed by atoms with Crippen LogP contribution in [0.3, 0.4) is 0 Å². The summed E-state index contributed by atoms with van der Waals surface area (Å²) in [6, 6.07) is 19.5. The van der Waals surface area contributed by atoms with Crippen molar-refractivity contribution in [1.82, 2.24) is 0 Å². The van der Waals surface area contributed by atoms with Crippen molar-refractivity contribution >= 4 is 28.5 Å². The molecule has 0 aliphatic carbocycles. The molecular formula is C23H17BrN2O4. The molecule has 0 bridgehead atoms. The SMILES string of the molecule is O=C(/C=C/c1ccc[n+](Cc2ccc([N+](=O)[O-])cc2)c1)c1cc2ccccc2o1.[Br-]. The van der Waals surface area contributed by atoms with Crippen molar-refractivity contribution in [2.45, 2.75) is 6.54 Å². The first-order valence-corrected chi connectivity index (χ1v) is 9.02. The lowest BCUT2D eigenvalue weighted by Crippen LogP contribution is -3.00. The minimum atomic E-state index is -0.415. The van der Waals surface area contributed by atoms with Crippen molar-refractivity contribution in [3.63, 3.8) is 0 Å². The van der Waals surface area contributed by atoms with Crippen molar-refractivity contribution < 1.29 is 35.7 Å². The maximum atomic E-state index is 12.4. The Morgan fingerprint density at radius 2 is 1.83 bits per heavy atom. The monoisotopic (exact) mass is 464 g/mol. The summed E-state index contributed by atoms with van der Waals surface area (Å²) in [4.78, 5) is 22.7. The summed E-state index contributed by atoms with van der Waals surface area (Å²) in [6.45, 7) is 0.567. The number of fused-ring (bicyclic) bond motifs is 1. The number of carbonyl (C=O) groups excluding carboxylic acids is 1. The second-order valence-electron chi connectivity index (χ2n) is 6.58. The summed E-state index contributed by atoms with van der Waals surface area (Å²) < 4.78 is 7.54. The van der Waals surface area contributed by atoms with E-state index in [-0.39, 0.29) is 28.5 Å². The second kappa shape index (κ2) is 9.28. The molecule has 2 aromatic carbocycles. The molecule has 2 heterocycles. The minimum Gasteiger partial charge on any atom is -1.00 e. The molecule has 4 rings (SSSR count). The van der Waals surface area contributed by atoms with Crippen molar-refractivity contribution in [2.24, 2.45) is 0 Å². The topological polar surface area (TPSA) is 77.2 Å². The lowest BCUT2D eigenvalue weighted by Gasteiger charge is -1.99. The molecule has 0 aliphatic heterocycles. The van der Waals surface area contributed by atoms with Crippen LogP contribution in [0.25, 0.3) is 17.0 Å². The third kappa shape index (κ3) is 4.87. The summed E-state index contributed by atoms with van der Waals surface area (Å²) >= 11 is 0. The molecule has 0 radical (unpaired) electrons. The number of furan rings is 1.